The van der Waals surface area contributed by atoms with E-state index in [4.69, 9.17) is 5.73 Å². The van der Waals surface area contributed by atoms with Crippen LogP contribution in [0, 0.1) is 6.92 Å². The van der Waals surface area contributed by atoms with Gasteiger partial charge in [-0.05, 0) is 40.3 Å². The van der Waals surface area contributed by atoms with Crippen molar-refractivity contribution < 1.29 is 8.42 Å². The summed E-state index contributed by atoms with van der Waals surface area (Å²) in [5.41, 5.74) is 6.48. The maximum Gasteiger partial charge on any atom is 0.246 e. The number of nitrogens with one attached hydrogen (secondary N) is 1. The molecule has 0 radical (unpaired) electrons. The Hall–Kier alpha value is -0.960. The molecule has 21 heavy (non-hydrogen) atoms. The predicted octanol–water partition coefficient (Wildman–Crippen LogP) is 0.282. The minimum atomic E-state index is -3.58. The lowest BCUT2D eigenvalue weighted by molar-refractivity contribution is 0.0455. The molecule has 8 heteroatoms. The van der Waals surface area contributed by atoms with Crippen molar-refractivity contribution in [2.75, 3.05) is 27.7 Å². The molecule has 2 rings (SSSR count). The van der Waals surface area contributed by atoms with Crippen LogP contribution in [0.25, 0.3) is 0 Å². The molecule has 0 aliphatic heterocycles. The first-order valence-corrected chi connectivity index (χ1v) is 8.56. The second-order valence-corrected chi connectivity index (χ2v) is 8.04. The lowest BCUT2D eigenvalue weighted by Gasteiger charge is -2.48. The summed E-state index contributed by atoms with van der Waals surface area (Å²) in [6, 6.07) is 0. The maximum absolute atomic E-state index is 12.8. The van der Waals surface area contributed by atoms with Crippen molar-refractivity contribution in [1.82, 2.24) is 19.4 Å². The fraction of sp³-hybridized carbons (Fsp3) is 0.769. The summed E-state index contributed by atoms with van der Waals surface area (Å²) in [4.78, 5) is 2.36. The summed E-state index contributed by atoms with van der Waals surface area (Å²) in [5.74, 6) is 0. The first-order chi connectivity index (χ1) is 9.74. The molecule has 1 aromatic heterocycles. The first kappa shape index (κ1) is 16.4. The Labute approximate surface area is 126 Å². The van der Waals surface area contributed by atoms with Crippen molar-refractivity contribution in [3.63, 3.8) is 0 Å². The lowest BCUT2D eigenvalue weighted by Crippen LogP contribution is -2.57. The van der Waals surface area contributed by atoms with E-state index in [2.05, 4.69) is 15.1 Å². The molecule has 0 unspecified atom stereocenters. The third kappa shape index (κ3) is 2.73. The number of aromatic nitrogens is 2. The Kier molecular flexibility index (Phi) is 4.44. The van der Waals surface area contributed by atoms with E-state index in [0.717, 1.165) is 19.3 Å². The highest BCUT2D eigenvalue weighted by molar-refractivity contribution is 7.89. The molecule has 0 spiro atoms. The molecule has 7 nitrogen and oxygen atoms in total. The Balaban J connectivity index is 2.29. The molecule has 1 aromatic rings. The van der Waals surface area contributed by atoms with Crippen molar-refractivity contribution in [2.45, 2.75) is 43.2 Å². The molecular weight excluding hydrogens is 290 g/mol. The Bertz CT molecular complexity index is 604. The second kappa shape index (κ2) is 5.68. The highest BCUT2D eigenvalue weighted by Gasteiger charge is 2.42. The SMILES string of the molecule is Cc1[nH]nc(CN)c1S(=O)(=O)N(C)CC1(N(C)C)CCC1. The molecule has 1 saturated carbocycles. The summed E-state index contributed by atoms with van der Waals surface area (Å²) < 4.78 is 27.1. The van der Waals surface area contributed by atoms with Gasteiger partial charge in [0.1, 0.15) is 4.90 Å². The predicted molar refractivity (Wildman–Crippen MR) is 81.3 cm³/mol. The Morgan fingerprint density at radius 3 is 2.38 bits per heavy atom. The van der Waals surface area contributed by atoms with Crippen LogP contribution >= 0.6 is 0 Å². The van der Waals surface area contributed by atoms with Gasteiger partial charge in [0.15, 0.2) is 0 Å². The van der Waals surface area contributed by atoms with E-state index < -0.39 is 10.0 Å². The summed E-state index contributed by atoms with van der Waals surface area (Å²) in [7, 11) is 2.07. The van der Waals surface area contributed by atoms with Gasteiger partial charge < -0.3 is 10.6 Å². The van der Waals surface area contributed by atoms with Crippen molar-refractivity contribution in [3.8, 4) is 0 Å². The number of nitrogens with two attached hydrogens (primary N) is 1. The van der Waals surface area contributed by atoms with Gasteiger partial charge in [0.25, 0.3) is 0 Å². The van der Waals surface area contributed by atoms with Crippen molar-refractivity contribution >= 4 is 10.0 Å². The minimum absolute atomic E-state index is 0.0532. The van der Waals surface area contributed by atoms with Crippen molar-refractivity contribution in [2.24, 2.45) is 5.73 Å². The summed E-state index contributed by atoms with van der Waals surface area (Å²) in [6.07, 6.45) is 3.19. The van der Waals surface area contributed by atoms with E-state index in [-0.39, 0.29) is 17.0 Å². The second-order valence-electron chi connectivity index (χ2n) is 6.06. The van der Waals surface area contributed by atoms with Gasteiger partial charge in [-0.2, -0.15) is 9.40 Å². The van der Waals surface area contributed by atoms with Crippen LogP contribution in [0.15, 0.2) is 4.90 Å². The highest BCUT2D eigenvalue weighted by atomic mass is 32.2. The molecule has 1 fully saturated rings. The molecule has 0 atom stereocenters. The average Bonchev–Trinajstić information content (AvgIpc) is 2.74. The number of aromatic amines is 1. The number of hydrogen-bond donors (Lipinski definition) is 2. The van der Waals surface area contributed by atoms with Gasteiger partial charge in [-0.25, -0.2) is 8.42 Å². The van der Waals surface area contributed by atoms with E-state index >= 15 is 0 Å². The van der Waals surface area contributed by atoms with Crippen LogP contribution in [-0.2, 0) is 16.6 Å². The monoisotopic (exact) mass is 315 g/mol. The first-order valence-electron chi connectivity index (χ1n) is 7.12. The van der Waals surface area contributed by atoms with Gasteiger partial charge in [0.2, 0.25) is 10.0 Å². The smallest absolute Gasteiger partial charge is 0.246 e. The van der Waals surface area contributed by atoms with Crippen molar-refractivity contribution in [3.05, 3.63) is 11.4 Å². The molecule has 120 valence electrons. The third-order valence-corrected chi connectivity index (χ3v) is 6.58. The average molecular weight is 315 g/mol. The fourth-order valence-electron chi connectivity index (χ4n) is 2.94. The van der Waals surface area contributed by atoms with E-state index in [9.17, 15) is 8.42 Å². The summed E-state index contributed by atoms with van der Waals surface area (Å²) >= 11 is 0. The van der Waals surface area contributed by atoms with Gasteiger partial charge in [-0.3, -0.25) is 5.10 Å². The van der Waals surface area contributed by atoms with E-state index in [1.807, 2.05) is 14.1 Å². The van der Waals surface area contributed by atoms with E-state index in [0.29, 0.717) is 17.9 Å². The quantitative estimate of drug-likeness (QED) is 0.786. The van der Waals surface area contributed by atoms with E-state index in [1.54, 1.807) is 14.0 Å². The van der Waals surface area contributed by atoms with Crippen LogP contribution in [0.5, 0.6) is 0 Å². The number of aryl methyl sites for hydroxylation is 1. The number of likely N-dealkylation sites (N-methyl/N-ethyl adjacent to an activating group) is 2. The van der Waals surface area contributed by atoms with Gasteiger partial charge in [-0.1, -0.05) is 0 Å². The lowest BCUT2D eigenvalue weighted by atomic mass is 9.75. The largest absolute Gasteiger partial charge is 0.325 e. The summed E-state index contributed by atoms with van der Waals surface area (Å²) in [6.45, 7) is 2.29. The van der Waals surface area contributed by atoms with Crippen LogP contribution in [0.2, 0.25) is 0 Å². The fourth-order valence-corrected chi connectivity index (χ4v) is 4.52. The van der Waals surface area contributed by atoms with Gasteiger partial charge in [0.05, 0.1) is 11.4 Å². The molecule has 0 amide bonds. The molecule has 1 aliphatic carbocycles. The zero-order valence-electron chi connectivity index (χ0n) is 13.2. The summed E-state index contributed by atoms with van der Waals surface area (Å²) in [5, 5.41) is 6.70. The van der Waals surface area contributed by atoms with Gasteiger partial charge in [0, 0.05) is 25.7 Å². The zero-order valence-corrected chi connectivity index (χ0v) is 14.0. The number of sulfonamides is 1. The molecule has 1 aliphatic rings. The topological polar surface area (TPSA) is 95.3 Å². The Morgan fingerprint density at radius 1 is 1.33 bits per heavy atom. The number of H-pyrrole nitrogens is 1. The number of hydrogen-bond acceptors (Lipinski definition) is 5. The standard InChI is InChI=1S/C13H25N5O2S/c1-10-12(11(8-14)16-15-10)21(19,20)18(4)9-13(17(2)3)6-5-7-13/h5-9,14H2,1-4H3,(H,15,16). The van der Waals surface area contributed by atoms with Crippen LogP contribution in [0.3, 0.4) is 0 Å². The van der Waals surface area contributed by atoms with E-state index in [1.165, 1.54) is 4.31 Å². The molecule has 0 saturated heterocycles. The molecule has 0 bridgehead atoms. The number of rotatable bonds is 6. The third-order valence-electron chi connectivity index (χ3n) is 4.57. The van der Waals surface area contributed by atoms with Gasteiger partial charge >= 0.3 is 0 Å². The van der Waals surface area contributed by atoms with Crippen molar-refractivity contribution in [1.29, 1.82) is 0 Å². The molecule has 1 heterocycles. The Morgan fingerprint density at radius 2 is 1.95 bits per heavy atom. The molecular formula is C13H25N5O2S. The van der Waals surface area contributed by atoms with Crippen LogP contribution in [-0.4, -0.2) is 61.0 Å². The molecule has 3 N–H and O–H groups in total. The minimum Gasteiger partial charge on any atom is -0.325 e. The van der Waals surface area contributed by atoms with Crippen LogP contribution in [0.1, 0.15) is 30.7 Å². The van der Waals surface area contributed by atoms with Gasteiger partial charge in [-0.15, -0.1) is 0 Å². The maximum atomic E-state index is 12.8. The molecule has 0 aromatic carbocycles. The van der Waals surface area contributed by atoms with Crippen LogP contribution < -0.4 is 5.73 Å². The zero-order chi connectivity index (χ0) is 15.8. The highest BCUT2D eigenvalue weighted by Crippen LogP contribution is 2.37. The normalized spacial score (nSPS) is 18.2. The van der Waals surface area contributed by atoms with Crippen LogP contribution in [0.4, 0.5) is 0 Å². The number of nitrogens with zero attached hydrogens (tertiary/aromatic N) is 3.